The lowest BCUT2D eigenvalue weighted by Crippen LogP contribution is -2.41. The molecule has 1 aliphatic rings. The quantitative estimate of drug-likeness (QED) is 0.688. The number of rotatable bonds is 8. The summed E-state index contributed by atoms with van der Waals surface area (Å²) in [5.74, 6) is 1.12. The molecule has 1 fully saturated rings. The molecule has 0 aromatic heterocycles. The fraction of sp³-hybridized carbons (Fsp3) is 0.933. The summed E-state index contributed by atoms with van der Waals surface area (Å²) in [6.45, 7) is 10.8. The summed E-state index contributed by atoms with van der Waals surface area (Å²) in [5.41, 5.74) is 0. The van der Waals surface area contributed by atoms with Crippen molar-refractivity contribution in [3.63, 3.8) is 0 Å². The largest absolute Gasteiger partial charge is 0.343 e. The molecule has 1 heterocycles. The fourth-order valence-corrected chi connectivity index (χ4v) is 2.79. The maximum absolute atomic E-state index is 12.0. The van der Waals surface area contributed by atoms with Gasteiger partial charge >= 0.3 is 0 Å². The molecular formula is C15H33Cl2N3O. The smallest absolute Gasteiger partial charge is 0.222 e. The highest BCUT2D eigenvalue weighted by atomic mass is 35.5. The molecule has 1 amide bonds. The molecule has 0 aliphatic carbocycles. The van der Waals surface area contributed by atoms with Crippen LogP contribution in [0.3, 0.4) is 0 Å². The molecule has 1 rings (SSSR count). The molecule has 0 radical (unpaired) electrons. The lowest BCUT2D eigenvalue weighted by Gasteiger charge is -2.34. The first-order chi connectivity index (χ1) is 9.21. The van der Waals surface area contributed by atoms with E-state index in [1.54, 1.807) is 0 Å². The van der Waals surface area contributed by atoms with Crippen molar-refractivity contribution in [1.82, 2.24) is 15.1 Å². The Morgan fingerprint density at radius 1 is 1.19 bits per heavy atom. The number of hydrogen-bond donors (Lipinski definition) is 1. The van der Waals surface area contributed by atoms with E-state index in [9.17, 15) is 4.79 Å². The minimum absolute atomic E-state index is 0. The van der Waals surface area contributed by atoms with Gasteiger partial charge in [0.05, 0.1) is 0 Å². The van der Waals surface area contributed by atoms with Gasteiger partial charge in [0.15, 0.2) is 0 Å². The Kier molecular flexibility index (Phi) is 15.1. The van der Waals surface area contributed by atoms with Gasteiger partial charge in [0, 0.05) is 26.1 Å². The average molecular weight is 342 g/mol. The van der Waals surface area contributed by atoms with Crippen molar-refractivity contribution in [3.8, 4) is 0 Å². The van der Waals surface area contributed by atoms with Crippen molar-refractivity contribution in [1.29, 1.82) is 0 Å². The topological polar surface area (TPSA) is 35.6 Å². The third kappa shape index (κ3) is 8.87. The number of carbonyl (C=O) groups excluding carboxylic acids is 1. The van der Waals surface area contributed by atoms with Crippen LogP contribution in [0.15, 0.2) is 0 Å². The Morgan fingerprint density at radius 3 is 2.24 bits per heavy atom. The van der Waals surface area contributed by atoms with E-state index in [0.29, 0.717) is 12.3 Å². The first kappa shape index (κ1) is 23.2. The number of halogens is 2. The van der Waals surface area contributed by atoms with E-state index < -0.39 is 0 Å². The van der Waals surface area contributed by atoms with Crippen LogP contribution in [0.2, 0.25) is 0 Å². The van der Waals surface area contributed by atoms with Gasteiger partial charge < -0.3 is 15.1 Å². The van der Waals surface area contributed by atoms with Gasteiger partial charge in [-0.25, -0.2) is 0 Å². The molecule has 0 bridgehead atoms. The molecule has 0 spiro atoms. The molecule has 6 heteroatoms. The standard InChI is InChI=1S/C15H31N3O.2ClH/c1-4-17(5-2)13-14-8-11-18(12-9-14)15(19)7-6-10-16-3;;/h14,16H,4-13H2,1-3H3;2*1H. The maximum atomic E-state index is 12.0. The van der Waals surface area contributed by atoms with Crippen molar-refractivity contribution in [3.05, 3.63) is 0 Å². The normalized spacial score (nSPS) is 15.5. The second-order valence-corrected chi connectivity index (χ2v) is 5.52. The van der Waals surface area contributed by atoms with Crippen LogP contribution in [-0.2, 0) is 4.79 Å². The number of amides is 1. The van der Waals surface area contributed by atoms with Crippen LogP contribution < -0.4 is 5.32 Å². The van der Waals surface area contributed by atoms with E-state index in [1.165, 1.54) is 19.4 Å². The van der Waals surface area contributed by atoms with Crippen LogP contribution in [0.1, 0.15) is 39.5 Å². The number of hydrogen-bond acceptors (Lipinski definition) is 3. The lowest BCUT2D eigenvalue weighted by molar-refractivity contribution is -0.132. The number of nitrogens with one attached hydrogen (secondary N) is 1. The maximum Gasteiger partial charge on any atom is 0.222 e. The Hall–Kier alpha value is -0.0300. The SMILES string of the molecule is CCN(CC)CC1CCN(C(=O)CCCNC)CC1.Cl.Cl. The minimum atomic E-state index is 0. The molecule has 1 aliphatic heterocycles. The van der Waals surface area contributed by atoms with E-state index in [4.69, 9.17) is 0 Å². The molecular weight excluding hydrogens is 309 g/mol. The molecule has 1 N–H and O–H groups in total. The van der Waals surface area contributed by atoms with Gasteiger partial charge in [-0.05, 0) is 51.9 Å². The van der Waals surface area contributed by atoms with Crippen LogP contribution in [0.4, 0.5) is 0 Å². The molecule has 128 valence electrons. The number of piperidine rings is 1. The first-order valence-corrected chi connectivity index (χ1v) is 7.85. The lowest BCUT2D eigenvalue weighted by atomic mass is 9.96. The number of likely N-dealkylation sites (tertiary alicyclic amines) is 1. The number of nitrogens with zero attached hydrogens (tertiary/aromatic N) is 2. The fourth-order valence-electron chi connectivity index (χ4n) is 2.79. The second-order valence-electron chi connectivity index (χ2n) is 5.52. The second kappa shape index (κ2) is 13.6. The van der Waals surface area contributed by atoms with E-state index in [2.05, 4.69) is 29.0 Å². The molecule has 0 atom stereocenters. The zero-order chi connectivity index (χ0) is 14.1. The Labute approximate surface area is 142 Å². The van der Waals surface area contributed by atoms with Gasteiger partial charge in [-0.2, -0.15) is 0 Å². The number of carbonyl (C=O) groups is 1. The predicted molar refractivity (Wildman–Crippen MR) is 94.7 cm³/mol. The van der Waals surface area contributed by atoms with Crippen LogP contribution in [0, 0.1) is 5.92 Å². The zero-order valence-corrected chi connectivity index (χ0v) is 15.4. The first-order valence-electron chi connectivity index (χ1n) is 7.85. The average Bonchev–Trinajstić information content (AvgIpc) is 2.45. The van der Waals surface area contributed by atoms with Crippen molar-refractivity contribution < 1.29 is 4.79 Å². The van der Waals surface area contributed by atoms with Gasteiger partial charge in [-0.1, -0.05) is 13.8 Å². The molecule has 0 aromatic carbocycles. The molecule has 0 saturated carbocycles. The van der Waals surface area contributed by atoms with Crippen molar-refractivity contribution >= 4 is 30.7 Å². The van der Waals surface area contributed by atoms with E-state index in [-0.39, 0.29) is 24.8 Å². The van der Waals surface area contributed by atoms with Crippen LogP contribution >= 0.6 is 24.8 Å². The summed E-state index contributed by atoms with van der Waals surface area (Å²) in [7, 11) is 1.93. The summed E-state index contributed by atoms with van der Waals surface area (Å²) in [5, 5.41) is 3.09. The third-order valence-electron chi connectivity index (χ3n) is 4.20. The Bertz CT molecular complexity index is 255. The minimum Gasteiger partial charge on any atom is -0.343 e. The molecule has 4 nitrogen and oxygen atoms in total. The van der Waals surface area contributed by atoms with Crippen molar-refractivity contribution in [2.24, 2.45) is 5.92 Å². The van der Waals surface area contributed by atoms with Gasteiger partial charge in [0.25, 0.3) is 0 Å². The Morgan fingerprint density at radius 2 is 1.76 bits per heavy atom. The molecule has 1 saturated heterocycles. The van der Waals surface area contributed by atoms with Gasteiger partial charge in [0.1, 0.15) is 0 Å². The molecule has 21 heavy (non-hydrogen) atoms. The van der Waals surface area contributed by atoms with Crippen molar-refractivity contribution in [2.45, 2.75) is 39.5 Å². The highest BCUT2D eigenvalue weighted by Crippen LogP contribution is 2.19. The molecule has 0 aromatic rings. The van der Waals surface area contributed by atoms with Gasteiger partial charge in [0.2, 0.25) is 5.91 Å². The van der Waals surface area contributed by atoms with Crippen LogP contribution in [0.5, 0.6) is 0 Å². The van der Waals surface area contributed by atoms with Gasteiger partial charge in [-0.15, -0.1) is 24.8 Å². The highest BCUT2D eigenvalue weighted by molar-refractivity contribution is 5.85. The summed E-state index contributed by atoms with van der Waals surface area (Å²) in [6.07, 6.45) is 4.00. The summed E-state index contributed by atoms with van der Waals surface area (Å²) < 4.78 is 0. The molecule has 0 unspecified atom stereocenters. The summed E-state index contributed by atoms with van der Waals surface area (Å²) in [4.78, 5) is 16.6. The van der Waals surface area contributed by atoms with Crippen LogP contribution in [0.25, 0.3) is 0 Å². The monoisotopic (exact) mass is 341 g/mol. The van der Waals surface area contributed by atoms with E-state index in [0.717, 1.165) is 45.1 Å². The summed E-state index contributed by atoms with van der Waals surface area (Å²) >= 11 is 0. The van der Waals surface area contributed by atoms with Gasteiger partial charge in [-0.3, -0.25) is 4.79 Å². The Balaban J connectivity index is 0. The van der Waals surface area contributed by atoms with E-state index >= 15 is 0 Å². The highest BCUT2D eigenvalue weighted by Gasteiger charge is 2.23. The van der Waals surface area contributed by atoms with Crippen LogP contribution in [-0.4, -0.2) is 62.0 Å². The zero-order valence-electron chi connectivity index (χ0n) is 13.8. The predicted octanol–water partition coefficient (Wildman–Crippen LogP) is 2.41. The van der Waals surface area contributed by atoms with E-state index in [1.807, 2.05) is 7.05 Å². The van der Waals surface area contributed by atoms with Crippen molar-refractivity contribution in [2.75, 3.05) is 46.3 Å². The summed E-state index contributed by atoms with van der Waals surface area (Å²) in [6, 6.07) is 0. The third-order valence-corrected chi connectivity index (χ3v) is 4.20.